The lowest BCUT2D eigenvalue weighted by Crippen LogP contribution is -2.59. The van der Waals surface area contributed by atoms with Gasteiger partial charge in [-0.05, 0) is 74.1 Å². The number of nitrogens with two attached hydrogens (primary N) is 1. The molecule has 6 aliphatic rings. The first kappa shape index (κ1) is 52.9. The van der Waals surface area contributed by atoms with E-state index in [0.29, 0.717) is 46.1 Å². The molecular weight excluding hydrogens is 939 g/mol. The van der Waals surface area contributed by atoms with Crippen LogP contribution in [0.5, 0.6) is 0 Å². The van der Waals surface area contributed by atoms with Crippen LogP contribution in [0.15, 0.2) is 119 Å². The molecular formula is C49H55N9O14. The summed E-state index contributed by atoms with van der Waals surface area (Å²) in [6.07, 6.45) is 3.73. The van der Waals surface area contributed by atoms with Crippen LogP contribution in [0, 0.1) is 11.8 Å². The summed E-state index contributed by atoms with van der Waals surface area (Å²) in [4.78, 5) is 127. The Morgan fingerprint density at radius 3 is 1.78 bits per heavy atom. The van der Waals surface area contributed by atoms with Crippen molar-refractivity contribution in [2.75, 3.05) is 0 Å². The molecule has 8 bridgehead atoms. The first-order chi connectivity index (χ1) is 33.9. The van der Waals surface area contributed by atoms with Gasteiger partial charge in [0.05, 0.1) is 59.9 Å². The summed E-state index contributed by atoms with van der Waals surface area (Å²) in [5, 5.41) is 61.2. The van der Waals surface area contributed by atoms with Crippen molar-refractivity contribution in [2.24, 2.45) is 32.5 Å². The molecule has 0 unspecified atom stereocenters. The Morgan fingerprint density at radius 2 is 1.25 bits per heavy atom. The van der Waals surface area contributed by atoms with E-state index in [1.54, 1.807) is 6.08 Å². The summed E-state index contributed by atoms with van der Waals surface area (Å²) in [5.41, 5.74) is 16.3. The number of carbonyl (C=O) groups is 9. The fourth-order valence-electron chi connectivity index (χ4n) is 9.30. The molecule has 6 atom stereocenters. The van der Waals surface area contributed by atoms with Crippen molar-refractivity contribution in [3.63, 3.8) is 0 Å². The van der Waals surface area contributed by atoms with Crippen LogP contribution in [-0.2, 0) is 43.2 Å². The van der Waals surface area contributed by atoms with E-state index in [1.807, 2.05) is 63.5 Å². The lowest BCUT2D eigenvalue weighted by Gasteiger charge is -2.24. The number of carbonyl (C=O) groups excluding carboxylic acids is 5. The number of rotatable bonds is 21. The molecule has 72 heavy (non-hydrogen) atoms. The first-order valence-corrected chi connectivity index (χ1v) is 22.9. The number of hydrogen-bond acceptors (Lipinski definition) is 14. The molecule has 380 valence electrons. The number of amides is 5. The predicted molar refractivity (Wildman–Crippen MR) is 257 cm³/mol. The third-order valence-corrected chi connectivity index (χ3v) is 13.1. The molecule has 1 aliphatic carbocycles. The molecule has 23 nitrogen and oxygen atoms in total. The molecule has 0 aromatic carbocycles. The van der Waals surface area contributed by atoms with Crippen LogP contribution in [0.1, 0.15) is 86.0 Å². The van der Waals surface area contributed by atoms with E-state index in [1.165, 1.54) is 0 Å². The number of aliphatic imine (C=N–C) groups is 3. The normalized spacial score (nSPS) is 20.5. The van der Waals surface area contributed by atoms with Gasteiger partial charge in [0.25, 0.3) is 0 Å². The standard InChI is InChI=1S/C49H55N9O14/c1-7-23-19(3)27-12-29-21(5)25(44(54-29)26-11-37(59)43-22(6)30(55-45(26)43)14-32-24(8-2)20(4)28(52-32)13-31(23)51-27)9-10-38(60)53-34(16-40(63)64)47(70)57-36(18-42(67)68)49(72)58-35(17-41(65)66)48(71)56-33(46(50)69)15-39(61)62/h7,12-14,21,25,33-36,54,59H,1,8-11,15-18H2,2-6H3,(H2,50,69)(H,53,60)(H,56,71)(H,57,70)(H,58,72)(H,61,62)(H,63,64)(H,65,66)(H,67,68)/t21-,25-,33+,34+,35+,36+/m0/s1. The summed E-state index contributed by atoms with van der Waals surface area (Å²) in [6.45, 7) is 13.9. The molecule has 5 amide bonds. The van der Waals surface area contributed by atoms with E-state index in [4.69, 9.17) is 25.8 Å². The van der Waals surface area contributed by atoms with Gasteiger partial charge in [0.2, 0.25) is 29.5 Å². The number of carboxylic acid groups (broad SMARTS) is 4. The Hall–Kier alpha value is -8.50. The predicted octanol–water partition coefficient (Wildman–Crippen LogP) is 1.95. The maximum absolute atomic E-state index is 13.8. The molecule has 0 aromatic rings. The number of hydrogen-bond donors (Lipinski definition) is 11. The number of nitrogens with zero attached hydrogens (tertiary/aromatic N) is 3. The number of aliphatic hydroxyl groups excluding tert-OH is 1. The van der Waals surface area contributed by atoms with Crippen LogP contribution >= 0.6 is 0 Å². The highest BCUT2D eigenvalue weighted by Gasteiger charge is 2.42. The van der Waals surface area contributed by atoms with E-state index in [2.05, 4.69) is 22.5 Å². The van der Waals surface area contributed by atoms with E-state index in [0.717, 1.165) is 45.0 Å². The van der Waals surface area contributed by atoms with Crippen LogP contribution in [0.25, 0.3) is 0 Å². The number of primary amides is 1. The molecule has 6 rings (SSSR count). The van der Waals surface area contributed by atoms with Crippen molar-refractivity contribution in [1.82, 2.24) is 26.6 Å². The zero-order valence-electron chi connectivity index (χ0n) is 40.0. The molecule has 5 aliphatic heterocycles. The Bertz CT molecular complexity index is 2870. The van der Waals surface area contributed by atoms with Gasteiger partial charge in [-0.2, -0.15) is 0 Å². The third kappa shape index (κ3) is 11.4. The Labute approximate surface area is 411 Å². The number of aliphatic carboxylic acids is 4. The summed E-state index contributed by atoms with van der Waals surface area (Å²) in [5.74, 6) is -13.4. The second kappa shape index (κ2) is 21.6. The van der Waals surface area contributed by atoms with Crippen LogP contribution in [-0.4, -0.2) is 120 Å². The number of nitrogens with one attached hydrogen (secondary N) is 5. The zero-order chi connectivity index (χ0) is 53.0. The zero-order valence-corrected chi connectivity index (χ0v) is 40.0. The average molecular weight is 994 g/mol. The summed E-state index contributed by atoms with van der Waals surface area (Å²) in [6, 6.07) is -7.89. The van der Waals surface area contributed by atoms with Crippen molar-refractivity contribution < 1.29 is 68.7 Å². The highest BCUT2D eigenvalue weighted by atomic mass is 16.4. The number of aliphatic hydroxyl groups is 1. The van der Waals surface area contributed by atoms with Crippen LogP contribution < -0.4 is 32.3 Å². The fourth-order valence-corrected chi connectivity index (χ4v) is 9.30. The smallest absolute Gasteiger partial charge is 0.305 e. The second-order valence-corrected chi connectivity index (χ2v) is 17.9. The topological polar surface area (TPSA) is 378 Å². The Kier molecular flexibility index (Phi) is 15.9. The molecule has 23 heteroatoms. The minimum atomic E-state index is -2.09. The lowest BCUT2D eigenvalue weighted by molar-refractivity contribution is -0.144. The van der Waals surface area contributed by atoms with Crippen LogP contribution in [0.2, 0.25) is 0 Å². The molecule has 12 N–H and O–H groups in total. The summed E-state index contributed by atoms with van der Waals surface area (Å²) in [7, 11) is 0. The highest BCUT2D eigenvalue weighted by molar-refractivity contribution is 6.21. The van der Waals surface area contributed by atoms with E-state index < -0.39 is 109 Å². The highest BCUT2D eigenvalue weighted by Crippen LogP contribution is 2.46. The van der Waals surface area contributed by atoms with Crippen molar-refractivity contribution >= 4 is 70.5 Å². The van der Waals surface area contributed by atoms with E-state index >= 15 is 0 Å². The Morgan fingerprint density at radius 1 is 0.736 bits per heavy atom. The molecule has 0 radical (unpaired) electrons. The quantitative estimate of drug-likeness (QED) is 0.0783. The van der Waals surface area contributed by atoms with Crippen LogP contribution in [0.3, 0.4) is 0 Å². The summed E-state index contributed by atoms with van der Waals surface area (Å²) < 4.78 is 0. The lowest BCUT2D eigenvalue weighted by atomic mass is 9.86. The summed E-state index contributed by atoms with van der Waals surface area (Å²) >= 11 is 0. The molecule has 1 fully saturated rings. The molecule has 5 heterocycles. The monoisotopic (exact) mass is 993 g/mol. The van der Waals surface area contributed by atoms with Crippen molar-refractivity contribution in [3.8, 4) is 0 Å². The van der Waals surface area contributed by atoms with Gasteiger partial charge >= 0.3 is 23.9 Å². The minimum absolute atomic E-state index is 0.107. The van der Waals surface area contributed by atoms with Crippen LogP contribution in [0.4, 0.5) is 0 Å². The average Bonchev–Trinajstić information content (AvgIpc) is 4.05. The number of allylic oxidation sites excluding steroid dienone is 12. The second-order valence-electron chi connectivity index (χ2n) is 17.9. The maximum atomic E-state index is 13.8. The number of fused-ring (bicyclic) bond motifs is 5. The van der Waals surface area contributed by atoms with Gasteiger partial charge in [-0.25, -0.2) is 15.0 Å². The van der Waals surface area contributed by atoms with Gasteiger partial charge in [0, 0.05) is 52.8 Å². The molecule has 1 saturated heterocycles. The van der Waals surface area contributed by atoms with Gasteiger partial charge in [-0.15, -0.1) is 0 Å². The van der Waals surface area contributed by atoms with E-state index in [-0.39, 0.29) is 30.9 Å². The SMILES string of the molecule is C=CC1=C(C)C2=NC1=CC1=NC(=CC3=C(C)C4=C(O)CC(=C5NC(=C2)[C@@H](C)[C@@H]5CCC(=O)N[C@H](CC(=O)O)C(=O)N[C@H](CC(=O)O)C(=O)N[C@H](CC(=O)O)C(=O)N[C@H](CC(=O)O)C(N)=O)C4=N3)C(CC)=C1C. The van der Waals surface area contributed by atoms with Gasteiger partial charge in [0.15, 0.2) is 0 Å². The molecule has 0 aromatic heterocycles. The maximum Gasteiger partial charge on any atom is 0.305 e. The first-order valence-electron chi connectivity index (χ1n) is 22.9. The Balaban J connectivity index is 1.26. The van der Waals surface area contributed by atoms with Crippen molar-refractivity contribution in [1.29, 1.82) is 0 Å². The minimum Gasteiger partial charge on any atom is -0.511 e. The van der Waals surface area contributed by atoms with Gasteiger partial charge in [-0.3, -0.25) is 43.2 Å². The number of carboxylic acids is 4. The largest absolute Gasteiger partial charge is 0.511 e. The van der Waals surface area contributed by atoms with Gasteiger partial charge in [0.1, 0.15) is 29.9 Å². The van der Waals surface area contributed by atoms with Gasteiger partial charge in [-0.1, -0.05) is 26.5 Å². The van der Waals surface area contributed by atoms with Crippen molar-refractivity contribution in [3.05, 3.63) is 104 Å². The van der Waals surface area contributed by atoms with E-state index in [9.17, 15) is 63.6 Å². The molecule has 0 saturated carbocycles. The third-order valence-electron chi connectivity index (χ3n) is 13.1. The fraction of sp³-hybridized carbons (Fsp3) is 0.388. The van der Waals surface area contributed by atoms with Crippen molar-refractivity contribution in [2.45, 2.75) is 110 Å². The molecule has 0 spiro atoms. The van der Waals surface area contributed by atoms with Gasteiger partial charge < -0.3 is 57.9 Å².